The number of amides is 1. The highest BCUT2D eigenvalue weighted by Crippen LogP contribution is 2.33. The number of halogens is 1. The second kappa shape index (κ2) is 9.58. The second-order valence-corrected chi connectivity index (χ2v) is 7.24. The first-order valence-electron chi connectivity index (χ1n) is 9.07. The van der Waals surface area contributed by atoms with Gasteiger partial charge in [-0.2, -0.15) is 0 Å². The molecule has 0 aliphatic heterocycles. The predicted octanol–water partition coefficient (Wildman–Crippen LogP) is 3.42. The van der Waals surface area contributed by atoms with Crippen LogP contribution in [0.15, 0.2) is 0 Å². The van der Waals surface area contributed by atoms with E-state index in [1.807, 2.05) is 4.90 Å². The molecule has 2 aliphatic carbocycles. The zero-order valence-corrected chi connectivity index (χ0v) is 14.8. The molecule has 0 saturated heterocycles. The number of hydrogen-bond donors (Lipinski definition) is 0. The van der Waals surface area contributed by atoms with E-state index in [9.17, 15) is 9.18 Å². The summed E-state index contributed by atoms with van der Waals surface area (Å²) in [6, 6.07) is 0.504. The van der Waals surface area contributed by atoms with Gasteiger partial charge in [0.05, 0.1) is 0 Å². The van der Waals surface area contributed by atoms with Crippen LogP contribution in [0.5, 0.6) is 0 Å². The Balaban J connectivity index is 0.00000264. The molecule has 1 amide bonds. The highest BCUT2D eigenvalue weighted by molar-refractivity contribution is 5.85. The fraction of sp³-hybridized carbons (Fsp3) is 0.944. The zero-order chi connectivity index (χ0) is 16.0. The summed E-state index contributed by atoms with van der Waals surface area (Å²) in [6.07, 6.45) is 11.5. The lowest BCUT2D eigenvalue weighted by molar-refractivity contribution is -0.151. The van der Waals surface area contributed by atoms with Crippen LogP contribution in [0.3, 0.4) is 0 Å². The number of carbonyl (C=O) groups is 1. The molecule has 0 aromatic rings. The van der Waals surface area contributed by atoms with Crippen LogP contribution < -0.4 is 0 Å². The van der Waals surface area contributed by atoms with Crippen LogP contribution in [0, 0.1) is 0 Å². The van der Waals surface area contributed by atoms with Crippen molar-refractivity contribution in [3.8, 4) is 0 Å². The highest BCUT2D eigenvalue weighted by atomic mass is 19.1. The van der Waals surface area contributed by atoms with Gasteiger partial charge in [0, 0.05) is 32.2 Å². The minimum atomic E-state index is -1.80. The third kappa shape index (κ3) is 5.42. The van der Waals surface area contributed by atoms with Gasteiger partial charge in [0.15, 0.2) is 5.67 Å². The Morgan fingerprint density at radius 2 is 1.48 bits per heavy atom. The topological polar surface area (TPSA) is 61.0 Å². The summed E-state index contributed by atoms with van der Waals surface area (Å²) in [5.74, 6) is -0.289. The first-order valence-corrected chi connectivity index (χ1v) is 9.07. The number of methoxy groups -OCH3 is 1. The maximum Gasteiger partial charge on any atom is 0.260 e. The molecule has 136 valence electrons. The smallest absolute Gasteiger partial charge is 0.260 e. The van der Waals surface area contributed by atoms with Gasteiger partial charge in [0.2, 0.25) is 0 Å². The van der Waals surface area contributed by atoms with Gasteiger partial charge < -0.3 is 15.1 Å². The van der Waals surface area contributed by atoms with Crippen molar-refractivity contribution in [2.45, 2.75) is 95.3 Å². The lowest BCUT2D eigenvalue weighted by atomic mass is 9.87. The van der Waals surface area contributed by atoms with Gasteiger partial charge in [0.25, 0.3) is 5.91 Å². The molecular formula is C18H34FNO3. The largest absolute Gasteiger partial charge is 0.412 e. The fourth-order valence-electron chi connectivity index (χ4n) is 4.02. The number of rotatable bonds is 6. The standard InChI is InChI=1S/C18H32FNO2.H2O/c1-18(19,13-14-22-2)17(21)20(15-9-5-3-6-10-15)16-11-7-4-8-12-16;/h15-16H,3-14H2,1-2H3;1H2. The monoisotopic (exact) mass is 331 g/mol. The maximum absolute atomic E-state index is 15.0. The molecule has 23 heavy (non-hydrogen) atoms. The SMILES string of the molecule is COCCC(C)(F)C(=O)N(C1CCCCC1)C1CCCCC1.O. The Labute approximate surface area is 140 Å². The van der Waals surface area contributed by atoms with E-state index in [2.05, 4.69) is 0 Å². The van der Waals surface area contributed by atoms with Crippen molar-refractivity contribution in [1.82, 2.24) is 4.90 Å². The number of hydrogen-bond acceptors (Lipinski definition) is 2. The number of nitrogens with zero attached hydrogens (tertiary/aromatic N) is 1. The van der Waals surface area contributed by atoms with Gasteiger partial charge in [0.1, 0.15) is 0 Å². The molecular weight excluding hydrogens is 297 g/mol. The van der Waals surface area contributed by atoms with E-state index in [-0.39, 0.29) is 29.9 Å². The molecule has 2 rings (SSSR count). The molecule has 2 N–H and O–H groups in total. The Morgan fingerprint density at radius 3 is 1.87 bits per heavy atom. The minimum Gasteiger partial charge on any atom is -0.412 e. The molecule has 5 heteroatoms. The summed E-state index contributed by atoms with van der Waals surface area (Å²) in [5.41, 5.74) is -1.80. The normalized spacial score (nSPS) is 22.9. The van der Waals surface area contributed by atoms with Crippen LogP contribution in [0.4, 0.5) is 4.39 Å². The van der Waals surface area contributed by atoms with Gasteiger partial charge in [-0.15, -0.1) is 0 Å². The van der Waals surface area contributed by atoms with E-state index >= 15 is 0 Å². The molecule has 0 bridgehead atoms. The van der Waals surface area contributed by atoms with Gasteiger partial charge in [-0.25, -0.2) is 4.39 Å². The Hall–Kier alpha value is -0.680. The Bertz CT molecular complexity index is 332. The molecule has 4 nitrogen and oxygen atoms in total. The van der Waals surface area contributed by atoms with E-state index in [1.54, 1.807) is 7.11 Å². The highest BCUT2D eigenvalue weighted by Gasteiger charge is 2.42. The van der Waals surface area contributed by atoms with Gasteiger partial charge in [-0.05, 0) is 32.6 Å². The molecule has 2 aliphatic rings. The first-order chi connectivity index (χ1) is 10.6. The summed E-state index contributed by atoms with van der Waals surface area (Å²) in [7, 11) is 1.56. The number of alkyl halides is 1. The lowest BCUT2D eigenvalue weighted by Crippen LogP contribution is -2.55. The van der Waals surface area contributed by atoms with Crippen molar-refractivity contribution in [3.63, 3.8) is 0 Å². The lowest BCUT2D eigenvalue weighted by Gasteiger charge is -2.44. The predicted molar refractivity (Wildman–Crippen MR) is 90.2 cm³/mol. The Morgan fingerprint density at radius 1 is 1.04 bits per heavy atom. The Kier molecular flexibility index (Phi) is 8.48. The van der Waals surface area contributed by atoms with E-state index in [0.29, 0.717) is 6.61 Å². The summed E-state index contributed by atoms with van der Waals surface area (Å²) in [5, 5.41) is 0. The van der Waals surface area contributed by atoms with Crippen molar-refractivity contribution in [2.75, 3.05) is 13.7 Å². The molecule has 2 fully saturated rings. The number of ether oxygens (including phenoxy) is 1. The quantitative estimate of drug-likeness (QED) is 0.748. The van der Waals surface area contributed by atoms with E-state index in [1.165, 1.54) is 45.4 Å². The van der Waals surface area contributed by atoms with Crippen LogP contribution in [0.25, 0.3) is 0 Å². The van der Waals surface area contributed by atoms with Crippen LogP contribution >= 0.6 is 0 Å². The summed E-state index contributed by atoms with van der Waals surface area (Å²) in [6.45, 7) is 1.73. The molecule has 0 aromatic carbocycles. The van der Waals surface area contributed by atoms with E-state index < -0.39 is 5.67 Å². The average molecular weight is 331 g/mol. The molecule has 0 heterocycles. The average Bonchev–Trinajstić information content (AvgIpc) is 2.55. The van der Waals surface area contributed by atoms with Crippen molar-refractivity contribution in [2.24, 2.45) is 0 Å². The van der Waals surface area contributed by atoms with E-state index in [0.717, 1.165) is 25.7 Å². The van der Waals surface area contributed by atoms with Gasteiger partial charge >= 0.3 is 0 Å². The van der Waals surface area contributed by atoms with Crippen molar-refractivity contribution < 1.29 is 19.4 Å². The minimum absolute atomic E-state index is 0. The maximum atomic E-state index is 15.0. The van der Waals surface area contributed by atoms with Crippen LogP contribution in [0.2, 0.25) is 0 Å². The number of carbonyl (C=O) groups excluding carboxylic acids is 1. The van der Waals surface area contributed by atoms with Crippen molar-refractivity contribution in [3.05, 3.63) is 0 Å². The van der Waals surface area contributed by atoms with Crippen molar-refractivity contribution in [1.29, 1.82) is 0 Å². The third-order valence-corrected chi connectivity index (χ3v) is 5.39. The second-order valence-electron chi connectivity index (χ2n) is 7.24. The molecule has 1 atom stereocenters. The van der Waals surface area contributed by atoms with Crippen LogP contribution in [-0.4, -0.2) is 47.8 Å². The van der Waals surface area contributed by atoms with Crippen molar-refractivity contribution >= 4 is 5.91 Å². The zero-order valence-electron chi connectivity index (χ0n) is 14.8. The molecule has 0 radical (unpaired) electrons. The van der Waals surface area contributed by atoms with Crippen LogP contribution in [-0.2, 0) is 9.53 Å². The molecule has 1 unspecified atom stereocenters. The third-order valence-electron chi connectivity index (χ3n) is 5.39. The van der Waals surface area contributed by atoms with E-state index in [4.69, 9.17) is 4.74 Å². The first kappa shape index (κ1) is 20.4. The summed E-state index contributed by atoms with van der Waals surface area (Å²) >= 11 is 0. The van der Waals surface area contributed by atoms with Crippen LogP contribution in [0.1, 0.15) is 77.6 Å². The molecule has 0 aromatic heterocycles. The molecule has 2 saturated carbocycles. The summed E-state index contributed by atoms with van der Waals surface area (Å²) in [4.78, 5) is 14.9. The van der Waals surface area contributed by atoms with Gasteiger partial charge in [-0.3, -0.25) is 4.79 Å². The summed E-state index contributed by atoms with van der Waals surface area (Å²) < 4.78 is 19.9. The fourth-order valence-corrected chi connectivity index (χ4v) is 4.02. The van der Waals surface area contributed by atoms with Gasteiger partial charge in [-0.1, -0.05) is 38.5 Å². The molecule has 0 spiro atoms.